The van der Waals surface area contributed by atoms with Crippen LogP contribution in [0.15, 0.2) is 24.3 Å². The number of nitrogens with two attached hydrogens (primary N) is 2. The van der Waals surface area contributed by atoms with Gasteiger partial charge in [-0.3, -0.25) is 9.59 Å². The number of carbonyl (C=O) groups excluding carboxylic acids is 2. The quantitative estimate of drug-likeness (QED) is 0.313. The van der Waals surface area contributed by atoms with Gasteiger partial charge in [-0.1, -0.05) is 107 Å². The van der Waals surface area contributed by atoms with Gasteiger partial charge in [-0.25, -0.2) is 0 Å². The first-order chi connectivity index (χ1) is 17.9. The lowest BCUT2D eigenvalue weighted by atomic mass is 9.78. The molecule has 2 aromatic carbocycles. The molecule has 6 nitrogen and oxygen atoms in total. The standard InChI is InChI=1S/2C17H27NO2/c2*1-16(2,3)12-9-11(7-8-14(18)19)10-13(15(12)20)17(4,5)6/h2*9-10,20H,7-8H2,1-6H3,(H2,18,19). The molecule has 0 aromatic heterocycles. The summed E-state index contributed by atoms with van der Waals surface area (Å²) in [6.07, 6.45) is 1.89. The van der Waals surface area contributed by atoms with E-state index in [4.69, 9.17) is 11.5 Å². The topological polar surface area (TPSA) is 127 Å². The molecule has 0 saturated heterocycles. The van der Waals surface area contributed by atoms with Crippen LogP contribution in [0.5, 0.6) is 11.5 Å². The molecule has 0 bridgehead atoms. The Morgan fingerprint density at radius 2 is 0.725 bits per heavy atom. The van der Waals surface area contributed by atoms with Crippen LogP contribution in [0.3, 0.4) is 0 Å². The summed E-state index contributed by atoms with van der Waals surface area (Å²) in [5.41, 5.74) is 15.7. The number of carbonyl (C=O) groups is 2. The molecule has 0 saturated carbocycles. The Hall–Kier alpha value is -3.02. The van der Waals surface area contributed by atoms with Crippen molar-refractivity contribution in [3.05, 3.63) is 57.6 Å². The van der Waals surface area contributed by atoms with Crippen LogP contribution in [0.2, 0.25) is 0 Å². The number of phenolic OH excluding ortho intramolecular Hbond substituents is 2. The molecule has 0 spiro atoms. The summed E-state index contributed by atoms with van der Waals surface area (Å²) < 4.78 is 0. The van der Waals surface area contributed by atoms with Crippen molar-refractivity contribution in [2.75, 3.05) is 0 Å². The van der Waals surface area contributed by atoms with Crippen LogP contribution in [0.4, 0.5) is 0 Å². The third-order valence-corrected chi connectivity index (χ3v) is 6.89. The summed E-state index contributed by atoms with van der Waals surface area (Å²) in [7, 11) is 0. The maximum Gasteiger partial charge on any atom is 0.217 e. The Morgan fingerprint density at radius 1 is 0.525 bits per heavy atom. The van der Waals surface area contributed by atoms with Crippen molar-refractivity contribution in [1.82, 2.24) is 0 Å². The van der Waals surface area contributed by atoms with Gasteiger partial charge in [0.2, 0.25) is 11.8 Å². The van der Waals surface area contributed by atoms with Crippen LogP contribution in [-0.4, -0.2) is 22.0 Å². The van der Waals surface area contributed by atoms with Crippen LogP contribution in [0.1, 0.15) is 129 Å². The second kappa shape index (κ2) is 12.7. The minimum absolute atomic E-state index is 0.146. The van der Waals surface area contributed by atoms with Gasteiger partial charge in [-0.2, -0.15) is 0 Å². The number of phenols is 2. The SMILES string of the molecule is CC(C)(C)c1cc(CCC(N)=O)cc(C(C)(C)C)c1O.CC(C)(C)c1cc(CCC(N)=O)cc(C(C)(C)C)c1O. The highest BCUT2D eigenvalue weighted by Gasteiger charge is 2.27. The molecule has 0 aliphatic carbocycles. The largest absolute Gasteiger partial charge is 0.507 e. The molecule has 6 N–H and O–H groups in total. The molecule has 224 valence electrons. The minimum Gasteiger partial charge on any atom is -0.507 e. The van der Waals surface area contributed by atoms with Crippen LogP contribution in [0, 0.1) is 0 Å². The van der Waals surface area contributed by atoms with E-state index in [2.05, 4.69) is 83.1 Å². The van der Waals surface area contributed by atoms with Crippen LogP contribution >= 0.6 is 0 Å². The lowest BCUT2D eigenvalue weighted by Gasteiger charge is -2.28. The number of hydrogen-bond acceptors (Lipinski definition) is 4. The maximum atomic E-state index is 11.0. The van der Waals surface area contributed by atoms with Gasteiger partial charge in [0, 0.05) is 12.8 Å². The number of rotatable bonds is 6. The first-order valence-corrected chi connectivity index (χ1v) is 14.2. The summed E-state index contributed by atoms with van der Waals surface area (Å²) in [6, 6.07) is 7.97. The zero-order valence-corrected chi connectivity index (χ0v) is 27.0. The molecule has 2 amide bonds. The van der Waals surface area contributed by atoms with E-state index in [0.29, 0.717) is 37.2 Å². The average Bonchev–Trinajstić information content (AvgIpc) is 2.74. The summed E-state index contributed by atoms with van der Waals surface area (Å²) >= 11 is 0. The lowest BCUT2D eigenvalue weighted by Crippen LogP contribution is -2.18. The van der Waals surface area contributed by atoms with Gasteiger partial charge in [0.15, 0.2) is 0 Å². The molecule has 6 heteroatoms. The number of benzene rings is 2. The summed E-state index contributed by atoms with van der Waals surface area (Å²) in [4.78, 5) is 22.0. The van der Waals surface area contributed by atoms with Crippen molar-refractivity contribution in [1.29, 1.82) is 0 Å². The Labute approximate surface area is 242 Å². The third-order valence-electron chi connectivity index (χ3n) is 6.89. The van der Waals surface area contributed by atoms with Gasteiger partial charge in [0.1, 0.15) is 11.5 Å². The Morgan fingerprint density at radius 3 is 0.875 bits per heavy atom. The number of aryl methyl sites for hydroxylation is 2. The van der Waals surface area contributed by atoms with Crippen molar-refractivity contribution < 1.29 is 19.8 Å². The zero-order chi connectivity index (χ0) is 31.4. The van der Waals surface area contributed by atoms with Gasteiger partial charge in [-0.05, 0) is 67.9 Å². The molecule has 2 rings (SSSR count). The number of hydrogen-bond donors (Lipinski definition) is 4. The summed E-state index contributed by atoms with van der Waals surface area (Å²) in [5, 5.41) is 21.1. The van der Waals surface area contributed by atoms with E-state index in [0.717, 1.165) is 33.4 Å². The summed E-state index contributed by atoms with van der Waals surface area (Å²) in [5.74, 6) is 0.140. The fraction of sp³-hybridized carbons (Fsp3) is 0.588. The van der Waals surface area contributed by atoms with E-state index in [1.54, 1.807) is 0 Å². The Kier molecular flexibility index (Phi) is 11.1. The molecule has 0 unspecified atom stereocenters. The molecule has 0 aliphatic rings. The lowest BCUT2D eigenvalue weighted by molar-refractivity contribution is -0.118. The van der Waals surface area contributed by atoms with Gasteiger partial charge >= 0.3 is 0 Å². The molecule has 2 aromatic rings. The second-order valence-electron chi connectivity index (χ2n) is 15.0. The molecule has 0 atom stereocenters. The molecular formula is C34H54N2O4. The molecule has 0 heterocycles. The van der Waals surface area contributed by atoms with Gasteiger partial charge in [0.25, 0.3) is 0 Å². The smallest absolute Gasteiger partial charge is 0.217 e. The van der Waals surface area contributed by atoms with Crippen LogP contribution in [0.25, 0.3) is 0 Å². The normalized spacial score (nSPS) is 12.5. The average molecular weight is 555 g/mol. The minimum atomic E-state index is -0.298. The molecule has 0 fully saturated rings. The maximum absolute atomic E-state index is 11.0. The first kappa shape index (κ1) is 35.0. The van der Waals surface area contributed by atoms with E-state index in [1.807, 2.05) is 24.3 Å². The molecule has 0 aliphatic heterocycles. The van der Waals surface area contributed by atoms with Gasteiger partial charge < -0.3 is 21.7 Å². The summed E-state index contributed by atoms with van der Waals surface area (Å²) in [6.45, 7) is 24.9. The monoisotopic (exact) mass is 554 g/mol. The number of amides is 2. The predicted octanol–water partition coefficient (Wildman–Crippen LogP) is 6.81. The van der Waals surface area contributed by atoms with E-state index in [1.165, 1.54) is 0 Å². The van der Waals surface area contributed by atoms with E-state index in [9.17, 15) is 19.8 Å². The Balaban J connectivity index is 0.000000400. The van der Waals surface area contributed by atoms with Crippen LogP contribution in [-0.2, 0) is 44.1 Å². The van der Waals surface area contributed by atoms with E-state index < -0.39 is 0 Å². The van der Waals surface area contributed by atoms with E-state index >= 15 is 0 Å². The van der Waals surface area contributed by atoms with Crippen molar-refractivity contribution in [3.8, 4) is 11.5 Å². The van der Waals surface area contributed by atoms with Crippen molar-refractivity contribution >= 4 is 11.8 Å². The van der Waals surface area contributed by atoms with E-state index in [-0.39, 0.29) is 33.5 Å². The van der Waals surface area contributed by atoms with Gasteiger partial charge in [0.05, 0.1) is 0 Å². The fourth-order valence-electron chi connectivity index (χ4n) is 4.50. The zero-order valence-electron chi connectivity index (χ0n) is 27.0. The number of aromatic hydroxyl groups is 2. The highest BCUT2D eigenvalue weighted by atomic mass is 16.3. The first-order valence-electron chi connectivity index (χ1n) is 14.2. The van der Waals surface area contributed by atoms with Crippen LogP contribution < -0.4 is 11.5 Å². The van der Waals surface area contributed by atoms with Crippen molar-refractivity contribution in [3.63, 3.8) is 0 Å². The Bertz CT molecular complexity index is 1030. The van der Waals surface area contributed by atoms with Crippen molar-refractivity contribution in [2.24, 2.45) is 11.5 Å². The molecular weight excluding hydrogens is 500 g/mol. The third kappa shape index (κ3) is 10.2. The van der Waals surface area contributed by atoms with Crippen molar-refractivity contribution in [2.45, 2.75) is 130 Å². The fourth-order valence-corrected chi connectivity index (χ4v) is 4.50. The predicted molar refractivity (Wildman–Crippen MR) is 166 cm³/mol. The molecule has 0 radical (unpaired) electrons. The highest BCUT2D eigenvalue weighted by Crippen LogP contribution is 2.41. The second-order valence-corrected chi connectivity index (χ2v) is 15.0. The molecule has 40 heavy (non-hydrogen) atoms. The van der Waals surface area contributed by atoms with Gasteiger partial charge in [-0.15, -0.1) is 0 Å². The highest BCUT2D eigenvalue weighted by molar-refractivity contribution is 5.74. The number of primary amides is 2.